The van der Waals surface area contributed by atoms with Crippen molar-refractivity contribution in [3.8, 4) is 5.75 Å². The molecule has 0 spiro atoms. The molecule has 1 aliphatic heterocycles. The molecule has 1 saturated heterocycles. The average molecular weight is 298 g/mol. The van der Waals surface area contributed by atoms with Crippen LogP contribution in [-0.2, 0) is 4.74 Å². The van der Waals surface area contributed by atoms with E-state index in [0.29, 0.717) is 22.9 Å². The van der Waals surface area contributed by atoms with Crippen LogP contribution in [0.1, 0.15) is 29.6 Å². The van der Waals surface area contributed by atoms with E-state index in [2.05, 4.69) is 4.90 Å². The number of halogens is 1. The van der Waals surface area contributed by atoms with Crippen molar-refractivity contribution in [2.24, 2.45) is 0 Å². The molecule has 0 aromatic heterocycles. The summed E-state index contributed by atoms with van der Waals surface area (Å²) in [5, 5.41) is 0.547. The summed E-state index contributed by atoms with van der Waals surface area (Å²) in [7, 11) is 1.36. The van der Waals surface area contributed by atoms with E-state index in [9.17, 15) is 4.79 Å². The Hall–Kier alpha value is -1.26. The van der Waals surface area contributed by atoms with Crippen LogP contribution in [0.2, 0.25) is 5.02 Å². The van der Waals surface area contributed by atoms with E-state index in [0.717, 1.165) is 19.6 Å². The van der Waals surface area contributed by atoms with Gasteiger partial charge in [-0.05, 0) is 44.1 Å². The first-order valence-electron chi connectivity index (χ1n) is 6.93. The van der Waals surface area contributed by atoms with Gasteiger partial charge in [-0.3, -0.25) is 4.90 Å². The number of hydrogen-bond donors (Lipinski definition) is 0. The molecular weight excluding hydrogens is 278 g/mol. The number of carbonyl (C=O) groups excluding carboxylic acids is 1. The number of rotatable bonds is 5. The topological polar surface area (TPSA) is 38.8 Å². The van der Waals surface area contributed by atoms with Crippen molar-refractivity contribution in [2.45, 2.75) is 19.3 Å². The lowest BCUT2D eigenvalue weighted by atomic mass is 10.1. The predicted molar refractivity (Wildman–Crippen MR) is 78.6 cm³/mol. The molecule has 0 atom stereocenters. The lowest BCUT2D eigenvalue weighted by Gasteiger charge is -2.26. The van der Waals surface area contributed by atoms with Gasteiger partial charge in [0.15, 0.2) is 0 Å². The monoisotopic (exact) mass is 297 g/mol. The molecule has 4 nitrogen and oxygen atoms in total. The number of carbonyl (C=O) groups is 1. The van der Waals surface area contributed by atoms with E-state index >= 15 is 0 Å². The highest BCUT2D eigenvalue weighted by Crippen LogP contribution is 2.24. The normalized spacial score (nSPS) is 15.9. The standard InChI is InChI=1S/C15H20ClNO3/c1-19-15(18)13-6-5-12(16)11-14(13)20-10-9-17-7-3-2-4-8-17/h5-6,11H,2-4,7-10H2,1H3. The van der Waals surface area contributed by atoms with Gasteiger partial charge in [0.2, 0.25) is 0 Å². The summed E-state index contributed by atoms with van der Waals surface area (Å²) >= 11 is 5.95. The van der Waals surface area contributed by atoms with Crippen LogP contribution in [0.5, 0.6) is 5.75 Å². The quantitative estimate of drug-likeness (QED) is 0.783. The van der Waals surface area contributed by atoms with E-state index in [1.54, 1.807) is 18.2 Å². The number of hydrogen-bond acceptors (Lipinski definition) is 4. The zero-order valence-corrected chi connectivity index (χ0v) is 12.5. The van der Waals surface area contributed by atoms with Crippen molar-refractivity contribution < 1.29 is 14.3 Å². The third kappa shape index (κ3) is 4.12. The molecule has 2 rings (SSSR count). The highest BCUT2D eigenvalue weighted by atomic mass is 35.5. The average Bonchev–Trinajstić information content (AvgIpc) is 2.48. The van der Waals surface area contributed by atoms with Gasteiger partial charge in [-0.15, -0.1) is 0 Å². The maximum absolute atomic E-state index is 11.7. The number of piperidine rings is 1. The summed E-state index contributed by atoms with van der Waals surface area (Å²) < 4.78 is 10.5. The first-order chi connectivity index (χ1) is 9.70. The molecule has 20 heavy (non-hydrogen) atoms. The Balaban J connectivity index is 1.93. The maximum Gasteiger partial charge on any atom is 0.341 e. The molecule has 0 amide bonds. The first kappa shape index (κ1) is 15.1. The first-order valence-corrected chi connectivity index (χ1v) is 7.31. The number of nitrogens with zero attached hydrogens (tertiary/aromatic N) is 1. The number of likely N-dealkylation sites (tertiary alicyclic amines) is 1. The van der Waals surface area contributed by atoms with Crippen LogP contribution < -0.4 is 4.74 Å². The maximum atomic E-state index is 11.7. The van der Waals surface area contributed by atoms with Crippen molar-refractivity contribution in [3.05, 3.63) is 28.8 Å². The van der Waals surface area contributed by atoms with Crippen LogP contribution in [0.4, 0.5) is 0 Å². The molecule has 0 N–H and O–H groups in total. The van der Waals surface area contributed by atoms with Crippen molar-refractivity contribution in [2.75, 3.05) is 33.4 Å². The Labute approximate surface area is 124 Å². The molecule has 0 saturated carbocycles. The largest absolute Gasteiger partial charge is 0.491 e. The fourth-order valence-electron chi connectivity index (χ4n) is 2.36. The highest BCUT2D eigenvalue weighted by Gasteiger charge is 2.14. The van der Waals surface area contributed by atoms with Gasteiger partial charge in [0.1, 0.15) is 17.9 Å². The van der Waals surface area contributed by atoms with Gasteiger partial charge in [0, 0.05) is 11.6 Å². The van der Waals surface area contributed by atoms with Gasteiger partial charge in [-0.2, -0.15) is 0 Å². The highest BCUT2D eigenvalue weighted by molar-refractivity contribution is 6.30. The zero-order valence-electron chi connectivity index (χ0n) is 11.7. The third-order valence-corrected chi connectivity index (χ3v) is 3.70. The lowest BCUT2D eigenvalue weighted by Crippen LogP contribution is -2.33. The molecule has 0 bridgehead atoms. The summed E-state index contributed by atoms with van der Waals surface area (Å²) in [4.78, 5) is 14.0. The van der Waals surface area contributed by atoms with Crippen molar-refractivity contribution in [1.29, 1.82) is 0 Å². The van der Waals surface area contributed by atoms with E-state index in [-0.39, 0.29) is 0 Å². The fourth-order valence-corrected chi connectivity index (χ4v) is 2.52. The van der Waals surface area contributed by atoms with Gasteiger partial charge in [0.25, 0.3) is 0 Å². The molecule has 0 radical (unpaired) electrons. The van der Waals surface area contributed by atoms with Crippen LogP contribution >= 0.6 is 11.6 Å². The second-order valence-corrected chi connectivity index (χ2v) is 5.32. The Kier molecular flexibility index (Phi) is 5.68. The second-order valence-electron chi connectivity index (χ2n) is 4.88. The van der Waals surface area contributed by atoms with Gasteiger partial charge < -0.3 is 9.47 Å². The van der Waals surface area contributed by atoms with Crippen LogP contribution in [0.15, 0.2) is 18.2 Å². The molecular formula is C15H20ClNO3. The minimum absolute atomic E-state index is 0.408. The van der Waals surface area contributed by atoms with E-state index < -0.39 is 5.97 Å². The predicted octanol–water partition coefficient (Wildman–Crippen LogP) is 2.99. The van der Waals surface area contributed by atoms with Gasteiger partial charge in [-0.25, -0.2) is 4.79 Å². The Bertz CT molecular complexity index is 458. The summed E-state index contributed by atoms with van der Waals surface area (Å²) in [6.45, 7) is 3.67. The minimum Gasteiger partial charge on any atom is -0.491 e. The lowest BCUT2D eigenvalue weighted by molar-refractivity contribution is 0.0595. The Morgan fingerprint density at radius 1 is 1.30 bits per heavy atom. The van der Waals surface area contributed by atoms with Crippen LogP contribution in [0, 0.1) is 0 Å². The molecule has 1 fully saturated rings. The van der Waals surface area contributed by atoms with E-state index in [1.165, 1.54) is 26.4 Å². The number of benzene rings is 1. The van der Waals surface area contributed by atoms with Crippen molar-refractivity contribution in [3.63, 3.8) is 0 Å². The molecule has 1 heterocycles. The Morgan fingerprint density at radius 2 is 2.05 bits per heavy atom. The fraction of sp³-hybridized carbons (Fsp3) is 0.533. The Morgan fingerprint density at radius 3 is 2.75 bits per heavy atom. The summed E-state index contributed by atoms with van der Waals surface area (Å²) in [6, 6.07) is 4.94. The summed E-state index contributed by atoms with van der Waals surface area (Å²) in [5.41, 5.74) is 0.413. The van der Waals surface area contributed by atoms with E-state index in [4.69, 9.17) is 21.1 Å². The zero-order chi connectivity index (χ0) is 14.4. The second kappa shape index (κ2) is 7.50. The number of ether oxygens (including phenoxy) is 2. The molecule has 110 valence electrons. The van der Waals surface area contributed by atoms with E-state index in [1.807, 2.05) is 0 Å². The SMILES string of the molecule is COC(=O)c1ccc(Cl)cc1OCCN1CCCCC1. The number of esters is 1. The number of methoxy groups -OCH3 is 1. The summed E-state index contributed by atoms with van der Waals surface area (Å²) in [5.74, 6) is 0.0796. The third-order valence-electron chi connectivity index (χ3n) is 3.46. The molecule has 1 aliphatic rings. The smallest absolute Gasteiger partial charge is 0.341 e. The van der Waals surface area contributed by atoms with Crippen LogP contribution in [0.3, 0.4) is 0 Å². The molecule has 1 aromatic carbocycles. The molecule has 0 aliphatic carbocycles. The molecule has 0 unspecified atom stereocenters. The van der Waals surface area contributed by atoms with Gasteiger partial charge >= 0.3 is 5.97 Å². The molecule has 1 aromatic rings. The summed E-state index contributed by atoms with van der Waals surface area (Å²) in [6.07, 6.45) is 3.83. The minimum atomic E-state index is -0.408. The van der Waals surface area contributed by atoms with Crippen molar-refractivity contribution >= 4 is 17.6 Å². The van der Waals surface area contributed by atoms with Crippen molar-refractivity contribution in [1.82, 2.24) is 4.90 Å². The van der Waals surface area contributed by atoms with Crippen LogP contribution in [-0.4, -0.2) is 44.2 Å². The van der Waals surface area contributed by atoms with Gasteiger partial charge in [-0.1, -0.05) is 18.0 Å². The van der Waals surface area contributed by atoms with Gasteiger partial charge in [0.05, 0.1) is 7.11 Å². The molecule has 5 heteroatoms. The van der Waals surface area contributed by atoms with Crippen LogP contribution in [0.25, 0.3) is 0 Å².